The van der Waals surface area contributed by atoms with Gasteiger partial charge in [-0.2, -0.15) is 0 Å². The van der Waals surface area contributed by atoms with Gasteiger partial charge >= 0.3 is 0 Å². The quantitative estimate of drug-likeness (QED) is 0.529. The summed E-state index contributed by atoms with van der Waals surface area (Å²) < 4.78 is 0. The molecule has 2 N–H and O–H groups in total. The van der Waals surface area contributed by atoms with Crippen LogP contribution in [-0.2, 0) is 22.6 Å². The van der Waals surface area contributed by atoms with Gasteiger partial charge in [0.25, 0.3) is 5.91 Å². The zero-order chi connectivity index (χ0) is 24.5. The molecule has 0 bridgehead atoms. The zero-order valence-corrected chi connectivity index (χ0v) is 19.7. The molecule has 3 aromatic rings. The number of piperidine rings is 1. The van der Waals surface area contributed by atoms with E-state index in [2.05, 4.69) is 10.6 Å². The molecule has 1 heterocycles. The lowest BCUT2D eigenvalue weighted by Crippen LogP contribution is -2.53. The number of nitrogens with zero attached hydrogens (tertiary/aromatic N) is 1. The minimum Gasteiger partial charge on any atom is -0.350 e. The topological polar surface area (TPSA) is 78.5 Å². The van der Waals surface area contributed by atoms with Gasteiger partial charge in [0.2, 0.25) is 11.8 Å². The number of benzene rings is 3. The minimum absolute atomic E-state index is 0.0563. The fourth-order valence-corrected chi connectivity index (χ4v) is 4.47. The van der Waals surface area contributed by atoms with E-state index >= 15 is 0 Å². The molecule has 35 heavy (non-hydrogen) atoms. The lowest BCUT2D eigenvalue weighted by Gasteiger charge is -2.36. The Morgan fingerprint density at radius 2 is 1.31 bits per heavy atom. The molecule has 1 aliphatic heterocycles. The Morgan fingerprint density at radius 3 is 1.91 bits per heavy atom. The Hall–Kier alpha value is -3.93. The van der Waals surface area contributed by atoms with Gasteiger partial charge < -0.3 is 15.5 Å². The molecule has 3 aromatic carbocycles. The van der Waals surface area contributed by atoms with E-state index in [1.54, 1.807) is 24.3 Å². The lowest BCUT2D eigenvalue weighted by atomic mass is 9.88. The summed E-state index contributed by atoms with van der Waals surface area (Å²) in [6, 6.07) is 27.7. The summed E-state index contributed by atoms with van der Waals surface area (Å²) in [5.74, 6) is -0.437. The number of carbonyl (C=O) groups is 3. The summed E-state index contributed by atoms with van der Waals surface area (Å²) in [6.45, 7) is 1.53. The van der Waals surface area contributed by atoms with Crippen LogP contribution < -0.4 is 10.6 Å². The van der Waals surface area contributed by atoms with Crippen molar-refractivity contribution in [2.24, 2.45) is 5.92 Å². The Balaban J connectivity index is 1.40. The normalized spacial score (nSPS) is 14.7. The number of hydrogen-bond acceptors (Lipinski definition) is 3. The van der Waals surface area contributed by atoms with Crippen molar-refractivity contribution in [3.05, 3.63) is 108 Å². The number of carbonyl (C=O) groups excluding carboxylic acids is 3. The van der Waals surface area contributed by atoms with Crippen LogP contribution in [0.3, 0.4) is 0 Å². The van der Waals surface area contributed by atoms with Gasteiger partial charge in [-0.05, 0) is 42.0 Å². The highest BCUT2D eigenvalue weighted by atomic mass is 16.2. The summed E-state index contributed by atoms with van der Waals surface area (Å²) in [7, 11) is 0. The third kappa shape index (κ3) is 6.79. The van der Waals surface area contributed by atoms with Gasteiger partial charge in [0.15, 0.2) is 0 Å². The van der Waals surface area contributed by atoms with E-state index in [1.165, 1.54) is 0 Å². The monoisotopic (exact) mass is 469 g/mol. The van der Waals surface area contributed by atoms with Crippen molar-refractivity contribution in [1.29, 1.82) is 0 Å². The maximum atomic E-state index is 13.2. The van der Waals surface area contributed by atoms with Gasteiger partial charge in [-0.25, -0.2) is 0 Å². The number of amides is 3. The molecule has 1 aliphatic rings. The highest BCUT2D eigenvalue weighted by Gasteiger charge is 2.34. The van der Waals surface area contributed by atoms with Gasteiger partial charge in [0, 0.05) is 25.2 Å². The second-order valence-corrected chi connectivity index (χ2v) is 8.90. The van der Waals surface area contributed by atoms with E-state index in [1.807, 2.05) is 71.6 Å². The molecule has 0 aromatic heterocycles. The van der Waals surface area contributed by atoms with Crippen molar-refractivity contribution in [3.63, 3.8) is 0 Å². The average Bonchev–Trinajstić information content (AvgIpc) is 2.92. The molecule has 0 spiro atoms. The van der Waals surface area contributed by atoms with Crippen LogP contribution in [-0.4, -0.2) is 41.8 Å². The predicted molar refractivity (Wildman–Crippen MR) is 135 cm³/mol. The van der Waals surface area contributed by atoms with Crippen molar-refractivity contribution in [2.45, 2.75) is 31.8 Å². The molecule has 6 heteroatoms. The molecule has 180 valence electrons. The first-order valence-electron chi connectivity index (χ1n) is 12.1. The molecule has 4 rings (SSSR count). The molecule has 6 nitrogen and oxygen atoms in total. The second-order valence-electron chi connectivity index (χ2n) is 8.90. The molecular formula is C29H31N3O3. The first-order chi connectivity index (χ1) is 17.1. The summed E-state index contributed by atoms with van der Waals surface area (Å²) in [6.07, 6.45) is 1.68. The van der Waals surface area contributed by atoms with E-state index < -0.39 is 6.04 Å². The predicted octanol–water partition coefficient (Wildman–Crippen LogP) is 3.58. The third-order valence-electron chi connectivity index (χ3n) is 6.48. The van der Waals surface area contributed by atoms with Crippen LogP contribution >= 0.6 is 0 Å². The van der Waals surface area contributed by atoms with E-state index in [9.17, 15) is 14.4 Å². The van der Waals surface area contributed by atoms with E-state index in [-0.39, 0.29) is 23.6 Å². The van der Waals surface area contributed by atoms with Crippen molar-refractivity contribution in [3.8, 4) is 0 Å². The third-order valence-corrected chi connectivity index (χ3v) is 6.48. The Bertz CT molecular complexity index is 1110. The van der Waals surface area contributed by atoms with Crippen molar-refractivity contribution < 1.29 is 14.4 Å². The first-order valence-corrected chi connectivity index (χ1v) is 12.1. The van der Waals surface area contributed by atoms with E-state index in [0.29, 0.717) is 44.5 Å². The number of likely N-dealkylation sites (tertiary alicyclic amines) is 1. The van der Waals surface area contributed by atoms with Gasteiger partial charge in [0.05, 0.1) is 6.42 Å². The lowest BCUT2D eigenvalue weighted by molar-refractivity contribution is -0.132. The van der Waals surface area contributed by atoms with Crippen molar-refractivity contribution in [1.82, 2.24) is 15.5 Å². The summed E-state index contributed by atoms with van der Waals surface area (Å²) in [5, 5.41) is 5.95. The Kier molecular flexibility index (Phi) is 8.28. The van der Waals surface area contributed by atoms with Crippen LogP contribution in [0.5, 0.6) is 0 Å². The molecule has 0 aliphatic carbocycles. The van der Waals surface area contributed by atoms with Crippen LogP contribution in [0.4, 0.5) is 0 Å². The maximum Gasteiger partial charge on any atom is 0.251 e. The largest absolute Gasteiger partial charge is 0.350 e. The van der Waals surface area contributed by atoms with Crippen molar-refractivity contribution in [2.75, 3.05) is 13.1 Å². The number of rotatable bonds is 8. The maximum absolute atomic E-state index is 13.2. The highest BCUT2D eigenvalue weighted by Crippen LogP contribution is 2.22. The molecule has 1 atom stereocenters. The fourth-order valence-electron chi connectivity index (χ4n) is 4.47. The van der Waals surface area contributed by atoms with Gasteiger partial charge in [-0.3, -0.25) is 14.4 Å². The molecule has 1 saturated heterocycles. The Morgan fingerprint density at radius 1 is 0.771 bits per heavy atom. The molecule has 3 amide bonds. The van der Waals surface area contributed by atoms with Crippen LogP contribution in [0.15, 0.2) is 91.0 Å². The number of nitrogens with one attached hydrogen (secondary N) is 2. The zero-order valence-electron chi connectivity index (χ0n) is 19.7. The van der Waals surface area contributed by atoms with Gasteiger partial charge in [-0.15, -0.1) is 0 Å². The fraction of sp³-hybridized carbons (Fsp3) is 0.276. The smallest absolute Gasteiger partial charge is 0.251 e. The molecule has 1 fully saturated rings. The number of hydrogen-bond donors (Lipinski definition) is 2. The van der Waals surface area contributed by atoms with Crippen LogP contribution in [0.2, 0.25) is 0 Å². The van der Waals surface area contributed by atoms with E-state index in [0.717, 1.165) is 11.1 Å². The average molecular weight is 470 g/mol. The SMILES string of the molecule is O=C(NC(C(=O)NCc1ccccc1)C1CCN(C(=O)Cc2ccccc2)CC1)c1ccccc1. The minimum atomic E-state index is -0.669. The first kappa shape index (κ1) is 24.2. The highest BCUT2D eigenvalue weighted by molar-refractivity contribution is 5.97. The summed E-state index contributed by atoms with van der Waals surface area (Å²) >= 11 is 0. The summed E-state index contributed by atoms with van der Waals surface area (Å²) in [4.78, 5) is 40.8. The standard InChI is InChI=1S/C29H31N3O3/c33-26(20-22-10-4-1-5-11-22)32-18-16-24(17-19-32)27(31-28(34)25-14-8-3-9-15-25)29(35)30-21-23-12-6-2-7-13-23/h1-15,24,27H,16-21H2,(H,30,35)(H,31,34). The molecule has 1 unspecified atom stereocenters. The molecule has 0 radical (unpaired) electrons. The van der Waals surface area contributed by atoms with Gasteiger partial charge in [-0.1, -0.05) is 78.9 Å². The molecular weight excluding hydrogens is 438 g/mol. The van der Waals surface area contributed by atoms with Crippen molar-refractivity contribution >= 4 is 17.7 Å². The summed E-state index contributed by atoms with van der Waals surface area (Å²) in [5.41, 5.74) is 2.51. The Labute approximate surface area is 206 Å². The molecule has 0 saturated carbocycles. The van der Waals surface area contributed by atoms with Crippen LogP contribution in [0.1, 0.15) is 34.3 Å². The van der Waals surface area contributed by atoms with Crippen LogP contribution in [0, 0.1) is 5.92 Å². The van der Waals surface area contributed by atoms with Gasteiger partial charge in [0.1, 0.15) is 6.04 Å². The van der Waals surface area contributed by atoms with E-state index in [4.69, 9.17) is 0 Å². The van der Waals surface area contributed by atoms with Crippen LogP contribution in [0.25, 0.3) is 0 Å². The second kappa shape index (κ2) is 12.0.